The van der Waals surface area contributed by atoms with Gasteiger partial charge in [-0.05, 0) is 31.0 Å². The second-order valence-electron chi connectivity index (χ2n) is 4.68. The molecule has 112 valence electrons. The van der Waals surface area contributed by atoms with Crippen LogP contribution < -0.4 is 10.6 Å². The minimum Gasteiger partial charge on any atom is -0.391 e. The highest BCUT2D eigenvalue weighted by molar-refractivity contribution is 6.31. The molecule has 0 aliphatic carbocycles. The smallest absolute Gasteiger partial charge is 0.315 e. The molecule has 4 nitrogen and oxygen atoms in total. The summed E-state index contributed by atoms with van der Waals surface area (Å²) >= 11 is 5.92. The number of aliphatic hydroxyl groups is 1. The lowest BCUT2D eigenvalue weighted by Crippen LogP contribution is -2.40. The van der Waals surface area contributed by atoms with Crippen LogP contribution in [0.25, 0.3) is 0 Å². The van der Waals surface area contributed by atoms with Crippen LogP contribution in [-0.4, -0.2) is 23.8 Å². The lowest BCUT2D eigenvalue weighted by atomic mass is 10.1. The number of carbonyl (C=O) groups is 1. The molecule has 0 radical (unpaired) electrons. The van der Waals surface area contributed by atoms with Crippen molar-refractivity contribution < 1.29 is 14.3 Å². The lowest BCUT2D eigenvalue weighted by Gasteiger charge is -2.17. The number of rotatable bonds is 6. The quantitative estimate of drug-likeness (QED) is 0.756. The van der Waals surface area contributed by atoms with E-state index in [1.54, 1.807) is 6.92 Å². The van der Waals surface area contributed by atoms with Crippen LogP contribution >= 0.6 is 11.6 Å². The summed E-state index contributed by atoms with van der Waals surface area (Å²) in [4.78, 5) is 11.7. The molecule has 0 fully saturated rings. The molecule has 1 aromatic rings. The summed E-state index contributed by atoms with van der Waals surface area (Å²) in [7, 11) is 0. The fraction of sp³-hybridized carbons (Fsp3) is 0.500. The number of urea groups is 1. The van der Waals surface area contributed by atoms with Crippen LogP contribution in [0.3, 0.4) is 0 Å². The molecule has 0 aromatic heterocycles. The Kier molecular flexibility index (Phi) is 6.75. The summed E-state index contributed by atoms with van der Waals surface area (Å²) < 4.78 is 12.9. The summed E-state index contributed by atoms with van der Waals surface area (Å²) in [6.45, 7) is 3.91. The molecule has 1 aromatic carbocycles. The van der Waals surface area contributed by atoms with Gasteiger partial charge in [-0.3, -0.25) is 0 Å². The lowest BCUT2D eigenvalue weighted by molar-refractivity contribution is 0.160. The highest BCUT2D eigenvalue weighted by Crippen LogP contribution is 2.23. The Morgan fingerprint density at radius 3 is 2.80 bits per heavy atom. The van der Waals surface area contributed by atoms with Crippen molar-refractivity contribution in [2.75, 3.05) is 6.54 Å². The normalized spacial score (nSPS) is 13.7. The molecule has 0 aliphatic heterocycles. The van der Waals surface area contributed by atoms with Gasteiger partial charge in [-0.15, -0.1) is 0 Å². The molecule has 0 saturated heterocycles. The molecule has 1 rings (SSSR count). The van der Waals surface area contributed by atoms with Gasteiger partial charge in [-0.25, -0.2) is 9.18 Å². The van der Waals surface area contributed by atoms with E-state index in [1.807, 2.05) is 6.92 Å². The third-order valence-electron chi connectivity index (χ3n) is 2.90. The Hall–Kier alpha value is -1.33. The predicted molar refractivity (Wildman–Crippen MR) is 77.3 cm³/mol. The van der Waals surface area contributed by atoms with E-state index < -0.39 is 18.0 Å². The van der Waals surface area contributed by atoms with Gasteiger partial charge in [0, 0.05) is 11.6 Å². The number of nitrogens with one attached hydrogen (secondary N) is 2. The maximum atomic E-state index is 12.9. The number of hydrogen-bond acceptors (Lipinski definition) is 2. The van der Waals surface area contributed by atoms with E-state index in [0.717, 1.165) is 6.42 Å². The maximum Gasteiger partial charge on any atom is 0.315 e. The van der Waals surface area contributed by atoms with Crippen LogP contribution in [0.5, 0.6) is 0 Å². The van der Waals surface area contributed by atoms with Gasteiger partial charge in [0.15, 0.2) is 0 Å². The third kappa shape index (κ3) is 5.35. The van der Waals surface area contributed by atoms with E-state index in [1.165, 1.54) is 18.2 Å². The van der Waals surface area contributed by atoms with Crippen LogP contribution in [0.15, 0.2) is 18.2 Å². The SMILES string of the molecule is CCCC(O)CNC(=O)NC(C)c1ccc(F)cc1Cl. The van der Waals surface area contributed by atoms with Crippen molar-refractivity contribution in [2.24, 2.45) is 0 Å². The molecule has 0 heterocycles. The number of aliphatic hydroxyl groups excluding tert-OH is 1. The van der Waals surface area contributed by atoms with Crippen molar-refractivity contribution >= 4 is 17.6 Å². The standard InChI is InChI=1S/C14H20ClFN2O2/c1-3-4-11(19)8-17-14(20)18-9(2)12-6-5-10(16)7-13(12)15/h5-7,9,11,19H,3-4,8H2,1-2H3,(H2,17,18,20). The number of amides is 2. The van der Waals surface area contributed by atoms with Crippen LogP contribution in [0.1, 0.15) is 38.3 Å². The van der Waals surface area contributed by atoms with Crippen molar-refractivity contribution in [3.8, 4) is 0 Å². The van der Waals surface area contributed by atoms with Crippen molar-refractivity contribution in [3.63, 3.8) is 0 Å². The van der Waals surface area contributed by atoms with Gasteiger partial charge in [0.05, 0.1) is 12.1 Å². The molecule has 2 atom stereocenters. The van der Waals surface area contributed by atoms with Gasteiger partial charge < -0.3 is 15.7 Å². The summed E-state index contributed by atoms with van der Waals surface area (Å²) in [6.07, 6.45) is 0.946. The van der Waals surface area contributed by atoms with Crippen LogP contribution in [0.2, 0.25) is 5.02 Å². The highest BCUT2D eigenvalue weighted by atomic mass is 35.5. The van der Waals surface area contributed by atoms with Crippen molar-refractivity contribution in [2.45, 2.75) is 38.8 Å². The first kappa shape index (κ1) is 16.7. The minimum atomic E-state index is -0.546. The van der Waals surface area contributed by atoms with Crippen LogP contribution in [0.4, 0.5) is 9.18 Å². The Bertz CT molecular complexity index is 457. The van der Waals surface area contributed by atoms with E-state index in [9.17, 15) is 14.3 Å². The van der Waals surface area contributed by atoms with Crippen molar-refractivity contribution in [3.05, 3.63) is 34.6 Å². The zero-order valence-electron chi connectivity index (χ0n) is 11.6. The van der Waals surface area contributed by atoms with Gasteiger partial charge in [-0.1, -0.05) is 31.0 Å². The third-order valence-corrected chi connectivity index (χ3v) is 3.22. The number of benzene rings is 1. The molecule has 0 spiro atoms. The molecular formula is C14H20ClFN2O2. The van der Waals surface area contributed by atoms with Gasteiger partial charge >= 0.3 is 6.03 Å². The highest BCUT2D eigenvalue weighted by Gasteiger charge is 2.13. The molecule has 20 heavy (non-hydrogen) atoms. The molecular weight excluding hydrogens is 283 g/mol. The fourth-order valence-electron chi connectivity index (χ4n) is 1.82. The molecule has 2 amide bonds. The molecule has 6 heteroatoms. The number of halogens is 2. The zero-order valence-corrected chi connectivity index (χ0v) is 12.4. The van der Waals surface area contributed by atoms with Gasteiger partial charge in [0.25, 0.3) is 0 Å². The second-order valence-corrected chi connectivity index (χ2v) is 5.09. The Balaban J connectivity index is 2.49. The summed E-state index contributed by atoms with van der Waals surface area (Å²) in [5.41, 5.74) is 0.636. The largest absolute Gasteiger partial charge is 0.391 e. The zero-order chi connectivity index (χ0) is 15.1. The topological polar surface area (TPSA) is 61.4 Å². The monoisotopic (exact) mass is 302 g/mol. The molecule has 0 aliphatic rings. The van der Waals surface area contributed by atoms with E-state index in [2.05, 4.69) is 10.6 Å². The number of carbonyl (C=O) groups excluding carboxylic acids is 1. The van der Waals surface area contributed by atoms with Gasteiger partial charge in [-0.2, -0.15) is 0 Å². The van der Waals surface area contributed by atoms with Crippen molar-refractivity contribution in [1.82, 2.24) is 10.6 Å². The van der Waals surface area contributed by atoms with Crippen LogP contribution in [0, 0.1) is 5.82 Å². The van der Waals surface area contributed by atoms with E-state index in [-0.39, 0.29) is 17.6 Å². The summed E-state index contributed by atoms with van der Waals surface area (Å²) in [5, 5.41) is 15.1. The predicted octanol–water partition coefficient (Wildman–Crippen LogP) is 3.00. The average molecular weight is 303 g/mol. The average Bonchev–Trinajstić information content (AvgIpc) is 2.36. The molecule has 0 saturated carbocycles. The van der Waals surface area contributed by atoms with Crippen LogP contribution in [-0.2, 0) is 0 Å². The van der Waals surface area contributed by atoms with Gasteiger partial charge in [0.1, 0.15) is 5.82 Å². The summed E-state index contributed by atoms with van der Waals surface area (Å²) in [6, 6.07) is 3.29. The second kappa shape index (κ2) is 8.07. The first-order valence-corrected chi connectivity index (χ1v) is 6.99. The molecule has 3 N–H and O–H groups in total. The Morgan fingerprint density at radius 2 is 2.20 bits per heavy atom. The first-order valence-electron chi connectivity index (χ1n) is 6.61. The fourth-order valence-corrected chi connectivity index (χ4v) is 2.15. The van der Waals surface area contributed by atoms with Crippen molar-refractivity contribution in [1.29, 1.82) is 0 Å². The summed E-state index contributed by atoms with van der Waals surface area (Å²) in [5.74, 6) is -0.418. The molecule has 2 unspecified atom stereocenters. The first-order chi connectivity index (χ1) is 9.43. The maximum absolute atomic E-state index is 12.9. The minimum absolute atomic E-state index is 0.198. The van der Waals surface area contributed by atoms with E-state index in [4.69, 9.17) is 11.6 Å². The van der Waals surface area contributed by atoms with E-state index >= 15 is 0 Å². The van der Waals surface area contributed by atoms with Gasteiger partial charge in [0.2, 0.25) is 0 Å². The Morgan fingerprint density at radius 1 is 1.50 bits per heavy atom. The molecule has 0 bridgehead atoms. The Labute approximate surface area is 123 Å². The number of hydrogen-bond donors (Lipinski definition) is 3. The van der Waals surface area contributed by atoms with E-state index in [0.29, 0.717) is 12.0 Å².